The number of nitrogens with zero attached hydrogens (tertiary/aromatic N) is 1. The second-order valence-corrected chi connectivity index (χ2v) is 8.60. The van der Waals surface area contributed by atoms with Crippen molar-refractivity contribution in [3.63, 3.8) is 0 Å². The summed E-state index contributed by atoms with van der Waals surface area (Å²) >= 11 is 18.4. The SMILES string of the molecule is COc1ccc(NC(=O)c2cccc(NC3=C(Cl)C(=O)N(c4cccc(Cl)c4Cl)C3=O)c2)c(OC)c1. The number of carbonyl (C=O) groups is 3. The maximum absolute atomic E-state index is 13.1. The van der Waals surface area contributed by atoms with E-state index in [9.17, 15) is 14.4 Å². The van der Waals surface area contributed by atoms with Gasteiger partial charge in [-0.1, -0.05) is 46.9 Å². The van der Waals surface area contributed by atoms with Crippen molar-refractivity contribution in [3.8, 4) is 11.5 Å². The van der Waals surface area contributed by atoms with Crippen molar-refractivity contribution in [2.24, 2.45) is 0 Å². The normalized spacial score (nSPS) is 13.2. The molecule has 1 aliphatic heterocycles. The van der Waals surface area contributed by atoms with Gasteiger partial charge >= 0.3 is 0 Å². The number of nitrogens with one attached hydrogen (secondary N) is 2. The van der Waals surface area contributed by atoms with Gasteiger partial charge in [-0.15, -0.1) is 0 Å². The molecule has 3 aromatic carbocycles. The van der Waals surface area contributed by atoms with Crippen LogP contribution in [0, 0.1) is 0 Å². The number of hydrogen-bond acceptors (Lipinski definition) is 6. The van der Waals surface area contributed by atoms with E-state index in [0.717, 1.165) is 4.90 Å². The van der Waals surface area contributed by atoms with E-state index in [4.69, 9.17) is 44.3 Å². The number of ether oxygens (including phenoxy) is 2. The lowest BCUT2D eigenvalue weighted by Crippen LogP contribution is -2.32. The highest BCUT2D eigenvalue weighted by Gasteiger charge is 2.40. The van der Waals surface area contributed by atoms with Gasteiger partial charge in [0.15, 0.2) is 0 Å². The molecule has 4 rings (SSSR count). The molecule has 3 aromatic rings. The standard InChI is InChI=1S/C25H18Cl3N3O5/c1-35-15-9-10-17(19(12-15)36-2)30-23(32)13-5-3-6-14(11-13)29-22-21(28)24(33)31(25(22)34)18-8-4-7-16(26)20(18)27/h3-12,29H,1-2H3,(H,30,32). The fraction of sp³-hybridized carbons (Fsp3) is 0.0800. The van der Waals surface area contributed by atoms with Gasteiger partial charge in [0.25, 0.3) is 17.7 Å². The van der Waals surface area contributed by atoms with Crippen LogP contribution >= 0.6 is 34.8 Å². The van der Waals surface area contributed by atoms with Crippen molar-refractivity contribution in [1.82, 2.24) is 0 Å². The van der Waals surface area contributed by atoms with Crippen molar-refractivity contribution >= 4 is 69.6 Å². The molecule has 1 heterocycles. The molecule has 0 saturated heterocycles. The van der Waals surface area contributed by atoms with Crippen LogP contribution in [-0.2, 0) is 9.59 Å². The molecule has 36 heavy (non-hydrogen) atoms. The Morgan fingerprint density at radius 1 is 0.889 bits per heavy atom. The summed E-state index contributed by atoms with van der Waals surface area (Å²) in [4.78, 5) is 39.6. The van der Waals surface area contributed by atoms with Gasteiger partial charge < -0.3 is 20.1 Å². The Balaban J connectivity index is 1.56. The van der Waals surface area contributed by atoms with Crippen LogP contribution in [0.15, 0.2) is 71.4 Å². The molecule has 11 heteroatoms. The van der Waals surface area contributed by atoms with Crippen LogP contribution < -0.4 is 25.0 Å². The predicted octanol–water partition coefficient (Wildman–Crippen LogP) is 5.70. The summed E-state index contributed by atoms with van der Waals surface area (Å²) in [5.74, 6) is -0.905. The minimum absolute atomic E-state index is 0.0409. The molecule has 0 atom stereocenters. The molecule has 8 nitrogen and oxygen atoms in total. The first-order valence-electron chi connectivity index (χ1n) is 10.4. The zero-order valence-corrected chi connectivity index (χ0v) is 21.2. The van der Waals surface area contributed by atoms with Crippen molar-refractivity contribution in [2.75, 3.05) is 29.8 Å². The molecule has 0 saturated carbocycles. The first-order valence-corrected chi connectivity index (χ1v) is 11.5. The topological polar surface area (TPSA) is 97.0 Å². The minimum atomic E-state index is -0.756. The average Bonchev–Trinajstić information content (AvgIpc) is 3.09. The van der Waals surface area contributed by atoms with Crippen molar-refractivity contribution in [3.05, 3.63) is 87.0 Å². The number of amides is 3. The van der Waals surface area contributed by atoms with Crippen LogP contribution in [0.25, 0.3) is 0 Å². The van der Waals surface area contributed by atoms with E-state index < -0.39 is 17.7 Å². The number of carbonyl (C=O) groups excluding carboxylic acids is 3. The molecule has 184 valence electrons. The van der Waals surface area contributed by atoms with Crippen molar-refractivity contribution < 1.29 is 23.9 Å². The van der Waals surface area contributed by atoms with E-state index in [1.165, 1.54) is 32.4 Å². The van der Waals surface area contributed by atoms with Gasteiger partial charge in [-0.3, -0.25) is 14.4 Å². The van der Waals surface area contributed by atoms with E-state index in [2.05, 4.69) is 10.6 Å². The quantitative estimate of drug-likeness (QED) is 0.369. The van der Waals surface area contributed by atoms with Gasteiger partial charge in [-0.05, 0) is 42.5 Å². The summed E-state index contributed by atoms with van der Waals surface area (Å²) in [5.41, 5.74) is 1.03. The van der Waals surface area contributed by atoms with Gasteiger partial charge in [-0.25, -0.2) is 4.90 Å². The molecule has 0 fully saturated rings. The Labute approximate surface area is 221 Å². The molecular weight excluding hydrogens is 529 g/mol. The Kier molecular flexibility index (Phi) is 7.40. The number of anilines is 3. The lowest BCUT2D eigenvalue weighted by molar-refractivity contribution is -0.120. The fourth-order valence-corrected chi connectivity index (χ4v) is 4.07. The smallest absolute Gasteiger partial charge is 0.283 e. The zero-order valence-electron chi connectivity index (χ0n) is 18.9. The van der Waals surface area contributed by atoms with Gasteiger partial charge in [0.1, 0.15) is 22.2 Å². The van der Waals surface area contributed by atoms with Gasteiger partial charge in [0.05, 0.1) is 35.6 Å². The summed E-state index contributed by atoms with van der Waals surface area (Å²) in [5, 5.41) is 5.51. The molecule has 0 bridgehead atoms. The third-order valence-corrected chi connectivity index (χ3v) is 6.41. The molecule has 2 N–H and O–H groups in total. The van der Waals surface area contributed by atoms with E-state index in [-0.39, 0.29) is 32.0 Å². The molecule has 3 amide bonds. The minimum Gasteiger partial charge on any atom is -0.497 e. The molecule has 1 aliphatic rings. The zero-order chi connectivity index (χ0) is 26.0. The Hall–Kier alpha value is -3.72. The lowest BCUT2D eigenvalue weighted by Gasteiger charge is -2.17. The number of imide groups is 1. The lowest BCUT2D eigenvalue weighted by atomic mass is 10.1. The summed E-state index contributed by atoms with van der Waals surface area (Å²) in [6.45, 7) is 0. The molecule has 0 radical (unpaired) electrons. The van der Waals surface area contributed by atoms with E-state index in [1.54, 1.807) is 42.5 Å². The number of halogens is 3. The highest BCUT2D eigenvalue weighted by molar-refractivity contribution is 6.54. The Bertz CT molecular complexity index is 1420. The second-order valence-electron chi connectivity index (χ2n) is 7.43. The van der Waals surface area contributed by atoms with Crippen molar-refractivity contribution in [1.29, 1.82) is 0 Å². The van der Waals surface area contributed by atoms with E-state index in [1.807, 2.05) is 0 Å². The summed E-state index contributed by atoms with van der Waals surface area (Å²) in [6.07, 6.45) is 0. The third kappa shape index (κ3) is 4.83. The van der Waals surface area contributed by atoms with E-state index in [0.29, 0.717) is 22.9 Å². The predicted molar refractivity (Wildman–Crippen MR) is 139 cm³/mol. The van der Waals surface area contributed by atoms with E-state index >= 15 is 0 Å². The second kappa shape index (κ2) is 10.5. The number of methoxy groups -OCH3 is 2. The highest BCUT2D eigenvalue weighted by atomic mass is 35.5. The van der Waals surface area contributed by atoms with Crippen LogP contribution in [0.3, 0.4) is 0 Å². The summed E-state index contributed by atoms with van der Waals surface area (Å²) in [7, 11) is 3.00. The molecule has 0 aromatic heterocycles. The molecular formula is C25H18Cl3N3O5. The fourth-order valence-electron chi connectivity index (χ4n) is 3.47. The summed E-state index contributed by atoms with van der Waals surface area (Å²) in [6, 6.07) is 15.9. The number of hydrogen-bond donors (Lipinski definition) is 2. The maximum atomic E-state index is 13.1. The molecule has 0 aliphatic carbocycles. The van der Waals surface area contributed by atoms with Crippen molar-refractivity contribution in [2.45, 2.75) is 0 Å². The van der Waals surface area contributed by atoms with Crippen LogP contribution in [0.1, 0.15) is 10.4 Å². The van der Waals surface area contributed by atoms with Crippen LogP contribution in [0.2, 0.25) is 10.0 Å². The Morgan fingerprint density at radius 2 is 1.64 bits per heavy atom. The first-order chi connectivity index (χ1) is 17.2. The van der Waals surface area contributed by atoms with Gasteiger partial charge in [0.2, 0.25) is 0 Å². The molecule has 0 spiro atoms. The number of benzene rings is 3. The average molecular weight is 547 g/mol. The van der Waals surface area contributed by atoms with Crippen LogP contribution in [0.5, 0.6) is 11.5 Å². The van der Waals surface area contributed by atoms with Crippen LogP contribution in [-0.4, -0.2) is 31.9 Å². The van der Waals surface area contributed by atoms with Gasteiger partial charge in [0, 0.05) is 17.3 Å². The largest absolute Gasteiger partial charge is 0.497 e. The summed E-state index contributed by atoms with van der Waals surface area (Å²) < 4.78 is 10.5. The third-order valence-electron chi connectivity index (χ3n) is 5.25. The Morgan fingerprint density at radius 3 is 2.36 bits per heavy atom. The van der Waals surface area contributed by atoms with Gasteiger partial charge in [-0.2, -0.15) is 0 Å². The first kappa shape index (κ1) is 25.4. The maximum Gasteiger partial charge on any atom is 0.283 e. The monoisotopic (exact) mass is 545 g/mol. The molecule has 0 unspecified atom stereocenters. The highest BCUT2D eigenvalue weighted by Crippen LogP contribution is 2.37. The van der Waals surface area contributed by atoms with Crippen LogP contribution in [0.4, 0.5) is 17.1 Å². The number of rotatable bonds is 7.